The van der Waals surface area contributed by atoms with Crippen LogP contribution in [0.3, 0.4) is 0 Å². The first-order valence-electron chi connectivity index (χ1n) is 5.66. The smallest absolute Gasteiger partial charge is 0.212 e. The van der Waals surface area contributed by atoms with Crippen LogP contribution in [0.5, 0.6) is 0 Å². The van der Waals surface area contributed by atoms with Crippen LogP contribution in [-0.4, -0.2) is 52.4 Å². The predicted octanol–water partition coefficient (Wildman–Crippen LogP) is -0.252. The van der Waals surface area contributed by atoms with Gasteiger partial charge in [0.1, 0.15) is 9.84 Å². The Bertz CT molecular complexity index is 447. The molecule has 0 heterocycles. The Hall–Kier alpha value is -0.180. The maximum Gasteiger partial charge on any atom is 0.212 e. The van der Waals surface area contributed by atoms with Gasteiger partial charge < -0.3 is 5.11 Å². The molecule has 0 rings (SSSR count). The average molecular weight is 301 g/mol. The fourth-order valence-electron chi connectivity index (χ4n) is 1.33. The third kappa shape index (κ3) is 8.02. The molecule has 0 aliphatic heterocycles. The number of nitrogens with one attached hydrogen (secondary N) is 1. The maximum atomic E-state index is 11.8. The van der Waals surface area contributed by atoms with Crippen LogP contribution < -0.4 is 4.72 Å². The lowest BCUT2D eigenvalue weighted by Gasteiger charge is -2.30. The van der Waals surface area contributed by atoms with Crippen molar-refractivity contribution in [3.05, 3.63) is 0 Å². The van der Waals surface area contributed by atoms with Gasteiger partial charge in [-0.3, -0.25) is 0 Å². The van der Waals surface area contributed by atoms with Gasteiger partial charge in [0.25, 0.3) is 0 Å². The first kappa shape index (κ1) is 17.8. The molecule has 6 nitrogen and oxygen atoms in total. The van der Waals surface area contributed by atoms with Gasteiger partial charge in [-0.05, 0) is 11.8 Å². The number of sulfonamides is 1. The quantitative estimate of drug-likeness (QED) is 0.675. The zero-order valence-electron chi connectivity index (χ0n) is 11.3. The second kappa shape index (κ2) is 6.31. The van der Waals surface area contributed by atoms with Crippen molar-refractivity contribution < 1.29 is 21.9 Å². The van der Waals surface area contributed by atoms with Crippen molar-refractivity contribution in [1.82, 2.24) is 4.72 Å². The van der Waals surface area contributed by atoms with Crippen molar-refractivity contribution in [1.29, 1.82) is 0 Å². The van der Waals surface area contributed by atoms with Crippen molar-refractivity contribution in [2.75, 3.05) is 24.4 Å². The lowest BCUT2D eigenvalue weighted by molar-refractivity contribution is 0.214. The lowest BCUT2D eigenvalue weighted by Crippen LogP contribution is -2.45. The minimum absolute atomic E-state index is 0.128. The van der Waals surface area contributed by atoms with E-state index in [1.807, 2.05) is 20.8 Å². The first-order chi connectivity index (χ1) is 7.87. The van der Waals surface area contributed by atoms with Crippen molar-refractivity contribution in [3.8, 4) is 0 Å². The van der Waals surface area contributed by atoms with Crippen LogP contribution in [0.4, 0.5) is 0 Å². The van der Waals surface area contributed by atoms with Crippen LogP contribution in [0.1, 0.15) is 27.2 Å². The Morgan fingerprint density at radius 3 is 1.94 bits per heavy atom. The van der Waals surface area contributed by atoms with Gasteiger partial charge in [-0.2, -0.15) is 0 Å². The molecule has 8 heteroatoms. The molecule has 0 amide bonds. The number of rotatable bonds is 7. The van der Waals surface area contributed by atoms with Crippen LogP contribution in [0.25, 0.3) is 0 Å². The summed E-state index contributed by atoms with van der Waals surface area (Å²) in [6.45, 7) is 5.43. The Morgan fingerprint density at radius 2 is 1.61 bits per heavy atom. The van der Waals surface area contributed by atoms with Crippen LogP contribution in [0, 0.1) is 5.41 Å². The summed E-state index contributed by atoms with van der Waals surface area (Å²) < 4.78 is 47.9. The van der Waals surface area contributed by atoms with E-state index in [-0.39, 0.29) is 12.0 Å². The van der Waals surface area contributed by atoms with Gasteiger partial charge in [-0.1, -0.05) is 20.8 Å². The summed E-state index contributed by atoms with van der Waals surface area (Å²) in [4.78, 5) is 0. The highest BCUT2D eigenvalue weighted by molar-refractivity contribution is 7.93. The SMILES string of the molecule is CC(C)(C)C(CCO)NS(=O)(=O)CCS(C)(=O)=O. The van der Waals surface area contributed by atoms with Crippen LogP contribution in [0.15, 0.2) is 0 Å². The van der Waals surface area contributed by atoms with Crippen LogP contribution in [-0.2, 0) is 19.9 Å². The van der Waals surface area contributed by atoms with Crippen molar-refractivity contribution in [2.24, 2.45) is 5.41 Å². The van der Waals surface area contributed by atoms with E-state index in [0.717, 1.165) is 6.26 Å². The zero-order chi connectivity index (χ0) is 14.6. The molecule has 2 N–H and O–H groups in total. The second-order valence-electron chi connectivity index (χ2n) is 5.50. The third-order valence-corrected chi connectivity index (χ3v) is 5.10. The maximum absolute atomic E-state index is 11.8. The molecule has 0 aromatic rings. The summed E-state index contributed by atoms with van der Waals surface area (Å²) in [6, 6.07) is -0.424. The van der Waals surface area contributed by atoms with Crippen LogP contribution in [0.2, 0.25) is 0 Å². The van der Waals surface area contributed by atoms with Gasteiger partial charge in [0, 0.05) is 18.9 Å². The Balaban J connectivity index is 4.72. The molecular weight excluding hydrogens is 278 g/mol. The lowest BCUT2D eigenvalue weighted by atomic mass is 9.86. The van der Waals surface area contributed by atoms with Gasteiger partial charge in [-0.15, -0.1) is 0 Å². The summed E-state index contributed by atoms with van der Waals surface area (Å²) in [6.07, 6.45) is 1.29. The molecule has 1 atom stereocenters. The first-order valence-corrected chi connectivity index (χ1v) is 9.37. The number of aliphatic hydroxyl groups is 1. The zero-order valence-corrected chi connectivity index (χ0v) is 12.9. The minimum atomic E-state index is -3.66. The standard InChI is InChI=1S/C10H23NO5S2/c1-10(2,3)9(5-6-12)11-18(15,16)8-7-17(4,13)14/h9,11-12H,5-8H2,1-4H3. The molecule has 18 heavy (non-hydrogen) atoms. The van der Waals surface area contributed by atoms with E-state index in [1.54, 1.807) is 0 Å². The molecule has 0 saturated carbocycles. The number of aliphatic hydroxyl groups excluding tert-OH is 1. The normalized spacial score (nSPS) is 15.6. The number of hydrogen-bond donors (Lipinski definition) is 2. The highest BCUT2D eigenvalue weighted by Gasteiger charge is 2.28. The fourth-order valence-corrected chi connectivity index (χ4v) is 4.45. The van der Waals surface area contributed by atoms with E-state index in [4.69, 9.17) is 5.11 Å². The number of sulfone groups is 1. The molecule has 0 fully saturated rings. The Labute approximate surface area is 110 Å². The molecule has 0 aromatic heterocycles. The monoisotopic (exact) mass is 301 g/mol. The second-order valence-corrected chi connectivity index (χ2v) is 9.63. The molecule has 110 valence electrons. The highest BCUT2D eigenvalue weighted by atomic mass is 32.2. The molecule has 0 saturated heterocycles. The largest absolute Gasteiger partial charge is 0.396 e. The van der Waals surface area contributed by atoms with E-state index in [9.17, 15) is 16.8 Å². The summed E-state index contributed by atoms with van der Waals surface area (Å²) in [7, 11) is -6.97. The van der Waals surface area contributed by atoms with Gasteiger partial charge in [0.05, 0.1) is 11.5 Å². The summed E-state index contributed by atoms with van der Waals surface area (Å²) >= 11 is 0. The van der Waals surface area contributed by atoms with Gasteiger partial charge >= 0.3 is 0 Å². The summed E-state index contributed by atoms with van der Waals surface area (Å²) in [5.41, 5.74) is -0.346. The van der Waals surface area contributed by atoms with E-state index in [2.05, 4.69) is 4.72 Å². The van der Waals surface area contributed by atoms with Crippen LogP contribution >= 0.6 is 0 Å². The topological polar surface area (TPSA) is 101 Å². The molecule has 0 aliphatic rings. The van der Waals surface area contributed by atoms with E-state index < -0.39 is 37.4 Å². The molecule has 1 unspecified atom stereocenters. The minimum Gasteiger partial charge on any atom is -0.396 e. The fraction of sp³-hybridized carbons (Fsp3) is 1.00. The van der Waals surface area contributed by atoms with E-state index in [1.165, 1.54) is 0 Å². The molecular formula is C10H23NO5S2. The molecule has 0 aliphatic carbocycles. The van der Waals surface area contributed by atoms with E-state index >= 15 is 0 Å². The molecule has 0 spiro atoms. The Kier molecular flexibility index (Phi) is 6.25. The third-order valence-electron chi connectivity index (χ3n) is 2.51. The Morgan fingerprint density at radius 1 is 1.11 bits per heavy atom. The van der Waals surface area contributed by atoms with Gasteiger partial charge in [0.2, 0.25) is 10.0 Å². The van der Waals surface area contributed by atoms with E-state index in [0.29, 0.717) is 6.42 Å². The molecule has 0 aromatic carbocycles. The van der Waals surface area contributed by atoms with Crippen molar-refractivity contribution in [3.63, 3.8) is 0 Å². The molecule has 0 radical (unpaired) electrons. The molecule has 0 bridgehead atoms. The number of hydrogen-bond acceptors (Lipinski definition) is 5. The highest BCUT2D eigenvalue weighted by Crippen LogP contribution is 2.22. The van der Waals surface area contributed by atoms with Crippen molar-refractivity contribution in [2.45, 2.75) is 33.2 Å². The summed E-state index contributed by atoms with van der Waals surface area (Å²) in [5, 5.41) is 8.93. The van der Waals surface area contributed by atoms with Crippen molar-refractivity contribution >= 4 is 19.9 Å². The average Bonchev–Trinajstić information content (AvgIpc) is 2.12. The summed E-state index contributed by atoms with van der Waals surface area (Å²) in [5.74, 6) is -0.859. The predicted molar refractivity (Wildman–Crippen MR) is 71.6 cm³/mol. The van der Waals surface area contributed by atoms with Gasteiger partial charge in [0.15, 0.2) is 0 Å². The van der Waals surface area contributed by atoms with Gasteiger partial charge in [-0.25, -0.2) is 21.6 Å².